The predicted octanol–water partition coefficient (Wildman–Crippen LogP) is 2.49. The van der Waals surface area contributed by atoms with Crippen molar-refractivity contribution in [2.75, 3.05) is 19.0 Å². The van der Waals surface area contributed by atoms with Crippen LogP contribution in [0.1, 0.15) is 16.1 Å². The van der Waals surface area contributed by atoms with Crippen LogP contribution in [0.25, 0.3) is 5.65 Å². The number of amides is 1. The van der Waals surface area contributed by atoms with E-state index in [4.69, 9.17) is 0 Å². The first-order valence-electron chi connectivity index (χ1n) is 7.07. The molecule has 0 spiro atoms. The van der Waals surface area contributed by atoms with Crippen molar-refractivity contribution in [1.29, 1.82) is 0 Å². The van der Waals surface area contributed by atoms with Crippen LogP contribution in [0.15, 0.2) is 47.3 Å². The monoisotopic (exact) mass is 373 g/mol. The maximum Gasteiger partial charge on any atom is 0.251 e. The first-order chi connectivity index (χ1) is 11.0. The summed E-state index contributed by atoms with van der Waals surface area (Å²) in [7, 11) is 3.78. The molecule has 0 bridgehead atoms. The van der Waals surface area contributed by atoms with E-state index in [0.29, 0.717) is 12.1 Å². The fourth-order valence-electron chi connectivity index (χ4n) is 2.18. The van der Waals surface area contributed by atoms with E-state index < -0.39 is 0 Å². The molecule has 3 aromatic heterocycles. The second-order valence-electron chi connectivity index (χ2n) is 5.32. The topological polar surface area (TPSA) is 62.5 Å². The number of fused-ring (bicyclic) bond motifs is 1. The van der Waals surface area contributed by atoms with Crippen molar-refractivity contribution < 1.29 is 4.79 Å². The van der Waals surface area contributed by atoms with E-state index >= 15 is 0 Å². The van der Waals surface area contributed by atoms with Gasteiger partial charge in [0.15, 0.2) is 0 Å². The number of nitrogens with one attached hydrogen (secondary N) is 1. The molecule has 23 heavy (non-hydrogen) atoms. The molecule has 0 fully saturated rings. The largest absolute Gasteiger partial charge is 0.363 e. The zero-order chi connectivity index (χ0) is 16.4. The van der Waals surface area contributed by atoms with Gasteiger partial charge < -0.3 is 14.6 Å². The first kappa shape index (κ1) is 15.5. The van der Waals surface area contributed by atoms with Crippen molar-refractivity contribution in [1.82, 2.24) is 19.7 Å². The number of pyridine rings is 2. The smallest absolute Gasteiger partial charge is 0.251 e. The zero-order valence-corrected chi connectivity index (χ0v) is 14.4. The maximum atomic E-state index is 12.3. The molecule has 0 aliphatic rings. The molecule has 3 aromatic rings. The molecule has 0 aromatic carbocycles. The Bertz CT molecular complexity index is 859. The molecule has 0 radical (unpaired) electrons. The minimum atomic E-state index is -0.145. The third kappa shape index (κ3) is 3.50. The summed E-state index contributed by atoms with van der Waals surface area (Å²) in [6.45, 7) is 0.373. The molecule has 1 N–H and O–H groups in total. The van der Waals surface area contributed by atoms with Crippen molar-refractivity contribution in [3.05, 3.63) is 58.6 Å². The van der Waals surface area contributed by atoms with Gasteiger partial charge in [0.1, 0.15) is 11.5 Å². The molecule has 0 atom stereocenters. The number of hydrogen-bond acceptors (Lipinski definition) is 4. The van der Waals surface area contributed by atoms with E-state index in [0.717, 1.165) is 21.6 Å². The number of carbonyl (C=O) groups is 1. The Morgan fingerprint density at radius 1 is 1.30 bits per heavy atom. The van der Waals surface area contributed by atoms with E-state index in [1.165, 1.54) is 0 Å². The van der Waals surface area contributed by atoms with Crippen LogP contribution < -0.4 is 10.2 Å². The lowest BCUT2D eigenvalue weighted by Gasteiger charge is -2.11. The Kier molecular flexibility index (Phi) is 4.29. The molecule has 6 nitrogen and oxygen atoms in total. The SMILES string of the molecule is CN(C)c1cc(C(=O)NCc2cn3cc(Br)ccc3n2)ccn1. The van der Waals surface area contributed by atoms with Gasteiger partial charge in [-0.15, -0.1) is 0 Å². The van der Waals surface area contributed by atoms with Crippen LogP contribution in [0, 0.1) is 0 Å². The van der Waals surface area contributed by atoms with Gasteiger partial charge in [-0.25, -0.2) is 9.97 Å². The molecular formula is C16H16BrN5O. The third-order valence-electron chi connectivity index (χ3n) is 3.36. The molecule has 0 aliphatic carbocycles. The Morgan fingerprint density at radius 3 is 2.91 bits per heavy atom. The maximum absolute atomic E-state index is 12.3. The highest BCUT2D eigenvalue weighted by atomic mass is 79.9. The molecule has 1 amide bonds. The molecule has 7 heteroatoms. The predicted molar refractivity (Wildman–Crippen MR) is 92.6 cm³/mol. The van der Waals surface area contributed by atoms with E-state index in [1.807, 2.05) is 47.9 Å². The van der Waals surface area contributed by atoms with Gasteiger partial charge in [-0.1, -0.05) is 0 Å². The van der Waals surface area contributed by atoms with Gasteiger partial charge >= 0.3 is 0 Å². The van der Waals surface area contributed by atoms with E-state index in [1.54, 1.807) is 18.3 Å². The van der Waals surface area contributed by atoms with Gasteiger partial charge in [0.05, 0.1) is 12.2 Å². The number of aromatic nitrogens is 3. The summed E-state index contributed by atoms with van der Waals surface area (Å²) in [4.78, 5) is 22.8. The summed E-state index contributed by atoms with van der Waals surface area (Å²) in [6, 6.07) is 7.31. The number of carbonyl (C=O) groups excluding carboxylic acids is 1. The van der Waals surface area contributed by atoms with Crippen LogP contribution in [-0.2, 0) is 6.54 Å². The van der Waals surface area contributed by atoms with Gasteiger partial charge in [-0.3, -0.25) is 4.79 Å². The Labute approximate surface area is 142 Å². The van der Waals surface area contributed by atoms with Gasteiger partial charge in [0, 0.05) is 42.7 Å². The molecule has 0 aliphatic heterocycles. The minimum Gasteiger partial charge on any atom is -0.363 e. The number of hydrogen-bond donors (Lipinski definition) is 1. The average Bonchev–Trinajstić information content (AvgIpc) is 2.94. The second-order valence-corrected chi connectivity index (χ2v) is 6.24. The van der Waals surface area contributed by atoms with Gasteiger partial charge in [-0.2, -0.15) is 0 Å². The highest BCUT2D eigenvalue weighted by molar-refractivity contribution is 9.10. The normalized spacial score (nSPS) is 10.7. The summed E-state index contributed by atoms with van der Waals surface area (Å²) in [5, 5.41) is 2.88. The van der Waals surface area contributed by atoms with Crippen LogP contribution in [0.4, 0.5) is 5.82 Å². The lowest BCUT2D eigenvalue weighted by Crippen LogP contribution is -2.23. The van der Waals surface area contributed by atoms with E-state index in [-0.39, 0.29) is 5.91 Å². The number of anilines is 1. The average molecular weight is 374 g/mol. The number of imidazole rings is 1. The van der Waals surface area contributed by atoms with Crippen molar-refractivity contribution >= 4 is 33.3 Å². The Morgan fingerprint density at radius 2 is 2.13 bits per heavy atom. The van der Waals surface area contributed by atoms with Crippen molar-refractivity contribution in [3.8, 4) is 0 Å². The fraction of sp³-hybridized carbons (Fsp3) is 0.188. The molecular weight excluding hydrogens is 358 g/mol. The molecule has 0 saturated carbocycles. The fourth-order valence-corrected chi connectivity index (χ4v) is 2.53. The Hall–Kier alpha value is -2.41. The van der Waals surface area contributed by atoms with Crippen LogP contribution in [0.2, 0.25) is 0 Å². The minimum absolute atomic E-state index is 0.145. The van der Waals surface area contributed by atoms with Gasteiger partial charge in [0.25, 0.3) is 5.91 Å². The lowest BCUT2D eigenvalue weighted by atomic mass is 10.2. The highest BCUT2D eigenvalue weighted by Gasteiger charge is 2.09. The number of nitrogens with zero attached hydrogens (tertiary/aromatic N) is 4. The molecule has 3 rings (SSSR count). The van der Waals surface area contributed by atoms with Crippen LogP contribution >= 0.6 is 15.9 Å². The van der Waals surface area contributed by atoms with Gasteiger partial charge in [-0.05, 0) is 40.2 Å². The highest BCUT2D eigenvalue weighted by Crippen LogP contribution is 2.13. The van der Waals surface area contributed by atoms with Gasteiger partial charge in [0.2, 0.25) is 0 Å². The van der Waals surface area contributed by atoms with Crippen LogP contribution in [-0.4, -0.2) is 34.4 Å². The summed E-state index contributed by atoms with van der Waals surface area (Å²) >= 11 is 3.42. The number of rotatable bonds is 4. The molecule has 3 heterocycles. The standard InChI is InChI=1S/C16H16BrN5O/c1-21(2)15-7-11(5-6-18-15)16(23)19-8-13-10-22-9-12(17)3-4-14(22)20-13/h3-7,9-10H,8H2,1-2H3,(H,19,23). The van der Waals surface area contributed by atoms with Crippen LogP contribution in [0.5, 0.6) is 0 Å². The van der Waals surface area contributed by atoms with E-state index in [2.05, 4.69) is 31.2 Å². The molecule has 0 saturated heterocycles. The van der Waals surface area contributed by atoms with Crippen molar-refractivity contribution in [2.45, 2.75) is 6.54 Å². The lowest BCUT2D eigenvalue weighted by molar-refractivity contribution is 0.0950. The summed E-state index contributed by atoms with van der Waals surface area (Å²) in [5.41, 5.74) is 2.23. The van der Waals surface area contributed by atoms with Crippen molar-refractivity contribution in [3.63, 3.8) is 0 Å². The summed E-state index contributed by atoms with van der Waals surface area (Å²) in [6.07, 6.45) is 5.46. The number of halogens is 1. The third-order valence-corrected chi connectivity index (χ3v) is 3.83. The second kappa shape index (κ2) is 6.37. The summed E-state index contributed by atoms with van der Waals surface area (Å²) in [5.74, 6) is 0.601. The van der Waals surface area contributed by atoms with Crippen molar-refractivity contribution in [2.24, 2.45) is 0 Å². The first-order valence-corrected chi connectivity index (χ1v) is 7.87. The summed E-state index contributed by atoms with van der Waals surface area (Å²) < 4.78 is 2.90. The quantitative estimate of drug-likeness (QED) is 0.762. The van der Waals surface area contributed by atoms with Crippen LogP contribution in [0.3, 0.4) is 0 Å². The molecule has 118 valence electrons. The molecule has 0 unspecified atom stereocenters. The zero-order valence-electron chi connectivity index (χ0n) is 12.8. The Balaban J connectivity index is 1.71. The van der Waals surface area contributed by atoms with E-state index in [9.17, 15) is 4.79 Å².